The molecule has 0 bridgehead atoms. The number of nitrogens with zero attached hydrogens (tertiary/aromatic N) is 2. The molecule has 0 amide bonds. The largest absolute Gasteiger partial charge is 0.369 e. The Hall–Kier alpha value is -1.06. The molecule has 1 aromatic rings. The minimum atomic E-state index is 0.921. The van der Waals surface area contributed by atoms with Gasteiger partial charge in [0.05, 0.1) is 0 Å². The van der Waals surface area contributed by atoms with Crippen LogP contribution in [0.1, 0.15) is 26.7 Å². The number of para-hydroxylation sites is 1. The molecule has 0 atom stereocenters. The SMILES string of the molecule is CC.c1ccc(N2CCN(CC3CCNCC3)CC2)cc1. The molecule has 2 aliphatic heterocycles. The number of benzene rings is 1. The van der Waals surface area contributed by atoms with Gasteiger partial charge in [0, 0.05) is 38.4 Å². The number of hydrogen-bond donors (Lipinski definition) is 1. The molecule has 118 valence electrons. The highest BCUT2D eigenvalue weighted by molar-refractivity contribution is 5.46. The van der Waals surface area contributed by atoms with Crippen LogP contribution in [0.5, 0.6) is 0 Å². The Balaban J connectivity index is 0.000000774. The Morgan fingerprint density at radius 2 is 1.57 bits per heavy atom. The molecule has 21 heavy (non-hydrogen) atoms. The fourth-order valence-corrected chi connectivity index (χ4v) is 3.26. The average Bonchev–Trinajstić information content (AvgIpc) is 2.59. The zero-order valence-corrected chi connectivity index (χ0v) is 13.7. The van der Waals surface area contributed by atoms with Crippen LogP contribution in [-0.4, -0.2) is 50.7 Å². The zero-order valence-electron chi connectivity index (χ0n) is 13.7. The van der Waals surface area contributed by atoms with Crippen molar-refractivity contribution in [2.75, 3.05) is 50.7 Å². The van der Waals surface area contributed by atoms with Crippen LogP contribution in [0, 0.1) is 5.92 Å². The monoisotopic (exact) mass is 289 g/mol. The fourth-order valence-electron chi connectivity index (χ4n) is 3.26. The van der Waals surface area contributed by atoms with Gasteiger partial charge in [0.25, 0.3) is 0 Å². The number of anilines is 1. The lowest BCUT2D eigenvalue weighted by Crippen LogP contribution is -2.48. The summed E-state index contributed by atoms with van der Waals surface area (Å²) in [7, 11) is 0. The molecule has 1 N–H and O–H groups in total. The summed E-state index contributed by atoms with van der Waals surface area (Å²) in [5, 5.41) is 3.45. The van der Waals surface area contributed by atoms with E-state index in [0.29, 0.717) is 0 Å². The second kappa shape index (κ2) is 9.06. The molecule has 2 heterocycles. The van der Waals surface area contributed by atoms with Crippen LogP contribution in [0.4, 0.5) is 5.69 Å². The predicted octanol–water partition coefficient (Wildman–Crippen LogP) is 2.83. The van der Waals surface area contributed by atoms with Crippen LogP contribution in [-0.2, 0) is 0 Å². The first-order valence-corrected chi connectivity index (χ1v) is 8.65. The molecule has 3 nitrogen and oxygen atoms in total. The molecule has 0 spiro atoms. The third-order valence-corrected chi connectivity index (χ3v) is 4.47. The van der Waals surface area contributed by atoms with Gasteiger partial charge in [-0.15, -0.1) is 0 Å². The molecule has 0 aromatic heterocycles. The second-order valence-corrected chi connectivity index (χ2v) is 5.82. The standard InChI is InChI=1S/C16H25N3.C2H6/c1-2-4-16(5-3-1)19-12-10-18(11-13-19)14-15-6-8-17-9-7-15;1-2/h1-5,15,17H,6-14H2;1-2H3. The van der Waals surface area contributed by atoms with Crippen molar-refractivity contribution in [3.63, 3.8) is 0 Å². The summed E-state index contributed by atoms with van der Waals surface area (Å²) in [6.07, 6.45) is 2.72. The second-order valence-electron chi connectivity index (χ2n) is 5.82. The van der Waals surface area contributed by atoms with Crippen molar-refractivity contribution < 1.29 is 0 Å². The van der Waals surface area contributed by atoms with Crippen molar-refractivity contribution in [2.45, 2.75) is 26.7 Å². The lowest BCUT2D eigenvalue weighted by atomic mass is 9.97. The number of hydrogen-bond acceptors (Lipinski definition) is 3. The summed E-state index contributed by atoms with van der Waals surface area (Å²) in [5.41, 5.74) is 1.38. The third kappa shape index (κ3) is 5.01. The van der Waals surface area contributed by atoms with Crippen molar-refractivity contribution in [1.29, 1.82) is 0 Å². The molecule has 0 unspecified atom stereocenters. The van der Waals surface area contributed by atoms with E-state index >= 15 is 0 Å². The van der Waals surface area contributed by atoms with Gasteiger partial charge < -0.3 is 10.2 Å². The Kier molecular flexibility index (Phi) is 7.04. The van der Waals surface area contributed by atoms with Gasteiger partial charge in [-0.1, -0.05) is 32.0 Å². The van der Waals surface area contributed by atoms with Gasteiger partial charge in [0.2, 0.25) is 0 Å². The average molecular weight is 289 g/mol. The van der Waals surface area contributed by atoms with E-state index in [1.54, 1.807) is 0 Å². The summed E-state index contributed by atoms with van der Waals surface area (Å²) in [6.45, 7) is 12.5. The molecular formula is C18H31N3. The van der Waals surface area contributed by atoms with Crippen LogP contribution >= 0.6 is 0 Å². The van der Waals surface area contributed by atoms with Crippen LogP contribution < -0.4 is 10.2 Å². The summed E-state index contributed by atoms with van der Waals surface area (Å²) < 4.78 is 0. The van der Waals surface area contributed by atoms with Crippen molar-refractivity contribution in [2.24, 2.45) is 5.92 Å². The lowest BCUT2D eigenvalue weighted by Gasteiger charge is -2.38. The summed E-state index contributed by atoms with van der Waals surface area (Å²) in [6, 6.07) is 10.8. The molecular weight excluding hydrogens is 258 g/mol. The van der Waals surface area contributed by atoms with E-state index in [1.165, 1.54) is 64.3 Å². The Morgan fingerprint density at radius 3 is 2.19 bits per heavy atom. The Bertz CT molecular complexity index is 365. The highest BCUT2D eigenvalue weighted by Crippen LogP contribution is 2.18. The number of rotatable bonds is 3. The quantitative estimate of drug-likeness (QED) is 0.923. The summed E-state index contributed by atoms with van der Waals surface area (Å²) in [4.78, 5) is 5.17. The van der Waals surface area contributed by atoms with Crippen LogP contribution in [0.15, 0.2) is 30.3 Å². The Labute approximate surface area is 130 Å². The normalized spacial score (nSPS) is 20.8. The highest BCUT2D eigenvalue weighted by Gasteiger charge is 2.21. The van der Waals surface area contributed by atoms with Crippen LogP contribution in [0.3, 0.4) is 0 Å². The van der Waals surface area contributed by atoms with E-state index in [0.717, 1.165) is 5.92 Å². The number of nitrogens with one attached hydrogen (secondary N) is 1. The Morgan fingerprint density at radius 1 is 0.952 bits per heavy atom. The number of piperidine rings is 1. The molecule has 2 fully saturated rings. The van der Waals surface area contributed by atoms with Gasteiger partial charge in [-0.25, -0.2) is 0 Å². The first kappa shape index (κ1) is 16.3. The first-order valence-electron chi connectivity index (χ1n) is 8.65. The van der Waals surface area contributed by atoms with E-state index in [2.05, 4.69) is 45.4 Å². The maximum atomic E-state index is 3.45. The van der Waals surface area contributed by atoms with Crippen molar-refractivity contribution >= 4 is 5.69 Å². The van der Waals surface area contributed by atoms with Gasteiger partial charge in [0.15, 0.2) is 0 Å². The first-order chi connectivity index (χ1) is 10.4. The summed E-state index contributed by atoms with van der Waals surface area (Å²) in [5.74, 6) is 0.921. The van der Waals surface area contributed by atoms with E-state index in [-0.39, 0.29) is 0 Å². The molecule has 3 rings (SSSR count). The van der Waals surface area contributed by atoms with E-state index in [9.17, 15) is 0 Å². The molecule has 3 heteroatoms. The molecule has 1 aromatic carbocycles. The third-order valence-electron chi connectivity index (χ3n) is 4.47. The highest BCUT2D eigenvalue weighted by atomic mass is 15.3. The van der Waals surface area contributed by atoms with Gasteiger partial charge in [0.1, 0.15) is 0 Å². The molecule has 2 saturated heterocycles. The summed E-state index contributed by atoms with van der Waals surface area (Å²) >= 11 is 0. The van der Waals surface area contributed by atoms with Gasteiger partial charge in [-0.05, 0) is 44.0 Å². The lowest BCUT2D eigenvalue weighted by molar-refractivity contribution is 0.196. The maximum Gasteiger partial charge on any atom is 0.0367 e. The van der Waals surface area contributed by atoms with Crippen LogP contribution in [0.2, 0.25) is 0 Å². The predicted molar refractivity (Wildman–Crippen MR) is 92.0 cm³/mol. The van der Waals surface area contributed by atoms with E-state index in [1.807, 2.05) is 13.8 Å². The molecule has 0 saturated carbocycles. The maximum absolute atomic E-state index is 3.45. The van der Waals surface area contributed by atoms with Crippen molar-refractivity contribution in [3.05, 3.63) is 30.3 Å². The van der Waals surface area contributed by atoms with Gasteiger partial charge in [-0.2, -0.15) is 0 Å². The fraction of sp³-hybridized carbons (Fsp3) is 0.667. The van der Waals surface area contributed by atoms with Gasteiger partial charge in [-0.3, -0.25) is 4.90 Å². The van der Waals surface area contributed by atoms with Gasteiger partial charge >= 0.3 is 0 Å². The molecule has 2 aliphatic rings. The van der Waals surface area contributed by atoms with E-state index in [4.69, 9.17) is 0 Å². The minimum absolute atomic E-state index is 0.921. The smallest absolute Gasteiger partial charge is 0.0367 e. The molecule has 0 aliphatic carbocycles. The van der Waals surface area contributed by atoms with Crippen LogP contribution in [0.25, 0.3) is 0 Å². The van der Waals surface area contributed by atoms with Crippen molar-refractivity contribution in [3.8, 4) is 0 Å². The topological polar surface area (TPSA) is 18.5 Å². The van der Waals surface area contributed by atoms with Crippen molar-refractivity contribution in [1.82, 2.24) is 10.2 Å². The molecule has 0 radical (unpaired) electrons. The minimum Gasteiger partial charge on any atom is -0.369 e. The number of piperazine rings is 1. The van der Waals surface area contributed by atoms with E-state index < -0.39 is 0 Å². The zero-order chi connectivity index (χ0) is 14.9.